The monoisotopic (exact) mass is 162 g/mol. The summed E-state index contributed by atoms with van der Waals surface area (Å²) in [5.41, 5.74) is 2.89. The summed E-state index contributed by atoms with van der Waals surface area (Å²) in [4.78, 5) is 0. The van der Waals surface area contributed by atoms with E-state index in [1.54, 1.807) is 0 Å². The summed E-state index contributed by atoms with van der Waals surface area (Å²) in [5.74, 6) is 0. The Hall–Kier alpha value is -1.08. The summed E-state index contributed by atoms with van der Waals surface area (Å²) >= 11 is 0. The molecule has 0 atom stereocenters. The van der Waals surface area contributed by atoms with Crippen LogP contribution in [0.25, 0.3) is 6.08 Å². The fraction of sp³-hybridized carbons (Fsp3) is 0.273. The minimum Gasteiger partial charge on any atom is -0.400 e. The summed E-state index contributed by atoms with van der Waals surface area (Å²) in [6.45, 7) is 0. The van der Waals surface area contributed by atoms with E-state index in [4.69, 9.17) is 5.11 Å². The highest BCUT2D eigenvalue weighted by molar-refractivity contribution is 5.55. The Labute approximate surface area is 73.4 Å². The minimum absolute atomic E-state index is 1.00. The zero-order valence-corrected chi connectivity index (χ0v) is 7.33. The van der Waals surface area contributed by atoms with Crippen molar-refractivity contribution in [2.45, 2.75) is 12.8 Å². The molecule has 1 N–H and O–H groups in total. The van der Waals surface area contributed by atoms with Crippen molar-refractivity contribution in [3.63, 3.8) is 0 Å². The normalized spacial score (nSPS) is 12.8. The van der Waals surface area contributed by atoms with E-state index >= 15 is 0 Å². The quantitative estimate of drug-likeness (QED) is 0.620. The van der Waals surface area contributed by atoms with Gasteiger partial charge in [-0.15, -0.1) is 0 Å². The van der Waals surface area contributed by atoms with E-state index in [0.29, 0.717) is 0 Å². The summed E-state index contributed by atoms with van der Waals surface area (Å²) < 4.78 is 0. The lowest BCUT2D eigenvalue weighted by atomic mass is 9.98. The molecule has 0 saturated carbocycles. The maximum absolute atomic E-state index is 7.00. The van der Waals surface area contributed by atoms with Gasteiger partial charge in [-0.05, 0) is 24.0 Å². The van der Waals surface area contributed by atoms with Gasteiger partial charge in [0, 0.05) is 7.11 Å². The van der Waals surface area contributed by atoms with E-state index in [-0.39, 0.29) is 0 Å². The number of allylic oxidation sites excluding steroid dienone is 1. The van der Waals surface area contributed by atoms with Crippen LogP contribution in [0.4, 0.5) is 0 Å². The fourth-order valence-corrected chi connectivity index (χ4v) is 1.37. The van der Waals surface area contributed by atoms with Gasteiger partial charge in [0.05, 0.1) is 0 Å². The molecule has 0 radical (unpaired) electrons. The zero-order chi connectivity index (χ0) is 8.81. The second-order valence-electron chi connectivity index (χ2n) is 2.64. The third-order valence-electron chi connectivity index (χ3n) is 1.93. The van der Waals surface area contributed by atoms with E-state index in [1.807, 2.05) is 0 Å². The smallest absolute Gasteiger partial charge is 0.0319 e. The molecule has 1 aromatic carbocycles. The third-order valence-corrected chi connectivity index (χ3v) is 1.93. The number of hydrogen-bond acceptors (Lipinski definition) is 1. The molecule has 1 aromatic rings. The van der Waals surface area contributed by atoms with Gasteiger partial charge >= 0.3 is 0 Å². The summed E-state index contributed by atoms with van der Waals surface area (Å²) in [5, 5.41) is 7.00. The van der Waals surface area contributed by atoms with Crippen LogP contribution in [0.3, 0.4) is 0 Å². The lowest BCUT2D eigenvalue weighted by molar-refractivity contribution is 0.399. The molecule has 0 amide bonds. The van der Waals surface area contributed by atoms with Crippen LogP contribution in [0.2, 0.25) is 0 Å². The van der Waals surface area contributed by atoms with Gasteiger partial charge in [0.2, 0.25) is 0 Å². The predicted octanol–water partition coefficient (Wildman–Crippen LogP) is 2.25. The second kappa shape index (κ2) is 4.73. The molecule has 12 heavy (non-hydrogen) atoms. The van der Waals surface area contributed by atoms with E-state index in [1.165, 1.54) is 24.0 Å². The first kappa shape index (κ1) is 9.01. The van der Waals surface area contributed by atoms with Crippen LogP contribution in [-0.4, -0.2) is 12.2 Å². The number of aryl methyl sites for hydroxylation is 1. The van der Waals surface area contributed by atoms with Crippen molar-refractivity contribution in [1.29, 1.82) is 0 Å². The highest BCUT2D eigenvalue weighted by Gasteiger charge is 2.00. The summed E-state index contributed by atoms with van der Waals surface area (Å²) in [6, 6.07) is 8.58. The number of fused-ring (bicyclic) bond motifs is 1. The van der Waals surface area contributed by atoms with Crippen molar-refractivity contribution in [1.82, 2.24) is 0 Å². The van der Waals surface area contributed by atoms with Gasteiger partial charge in [0.1, 0.15) is 0 Å². The minimum atomic E-state index is 1.00. The Bertz CT molecular complexity index is 263. The van der Waals surface area contributed by atoms with Crippen LogP contribution in [0.15, 0.2) is 30.3 Å². The molecule has 0 spiro atoms. The molecule has 0 aliphatic heterocycles. The highest BCUT2D eigenvalue weighted by atomic mass is 16.2. The Kier molecular flexibility index (Phi) is 3.55. The van der Waals surface area contributed by atoms with Gasteiger partial charge in [0.15, 0.2) is 0 Å². The molecule has 0 bridgehead atoms. The van der Waals surface area contributed by atoms with Crippen molar-refractivity contribution in [2.75, 3.05) is 7.11 Å². The van der Waals surface area contributed by atoms with Crippen molar-refractivity contribution in [2.24, 2.45) is 0 Å². The van der Waals surface area contributed by atoms with Crippen LogP contribution < -0.4 is 0 Å². The van der Waals surface area contributed by atoms with Crippen molar-refractivity contribution >= 4 is 6.08 Å². The average molecular weight is 162 g/mol. The molecular formula is C11H14O. The molecule has 0 aromatic heterocycles. The Morgan fingerprint density at radius 2 is 1.92 bits per heavy atom. The largest absolute Gasteiger partial charge is 0.400 e. The average Bonchev–Trinajstić information content (AvgIpc) is 2.21. The molecule has 1 heteroatoms. The molecule has 0 saturated heterocycles. The zero-order valence-electron chi connectivity index (χ0n) is 7.33. The second-order valence-corrected chi connectivity index (χ2v) is 2.64. The lowest BCUT2D eigenvalue weighted by Crippen LogP contribution is -1.91. The number of aliphatic hydroxyl groups excluding tert-OH is 1. The first-order valence-electron chi connectivity index (χ1n) is 4.16. The third kappa shape index (κ3) is 1.95. The van der Waals surface area contributed by atoms with E-state index < -0.39 is 0 Å². The van der Waals surface area contributed by atoms with Gasteiger partial charge in [0.25, 0.3) is 0 Å². The molecule has 1 nitrogen and oxygen atoms in total. The van der Waals surface area contributed by atoms with Crippen LogP contribution in [0, 0.1) is 0 Å². The number of aliphatic hydroxyl groups is 1. The van der Waals surface area contributed by atoms with Gasteiger partial charge < -0.3 is 5.11 Å². The number of rotatable bonds is 0. The van der Waals surface area contributed by atoms with Gasteiger partial charge in [-0.1, -0.05) is 36.4 Å². The van der Waals surface area contributed by atoms with Gasteiger partial charge in [-0.2, -0.15) is 0 Å². The number of hydrogen-bond donors (Lipinski definition) is 1. The van der Waals surface area contributed by atoms with E-state index in [9.17, 15) is 0 Å². The van der Waals surface area contributed by atoms with Crippen molar-refractivity contribution < 1.29 is 5.11 Å². The SMILES string of the molecule is C1=Cc2ccccc2CC1.CO. The highest BCUT2D eigenvalue weighted by Crippen LogP contribution is 2.17. The Balaban J connectivity index is 0.000000336. The van der Waals surface area contributed by atoms with Gasteiger partial charge in [-0.25, -0.2) is 0 Å². The standard InChI is InChI=1S/C10H10.CH4O/c1-2-6-10-8-4-3-7-9(10)5-1;1-2/h1-3,5-7H,4,8H2;2H,1H3. The van der Waals surface area contributed by atoms with Crippen LogP contribution in [0.5, 0.6) is 0 Å². The molecule has 0 fully saturated rings. The van der Waals surface area contributed by atoms with Crippen LogP contribution in [0.1, 0.15) is 17.5 Å². The lowest BCUT2D eigenvalue weighted by Gasteiger charge is -2.07. The van der Waals surface area contributed by atoms with Gasteiger partial charge in [-0.3, -0.25) is 0 Å². The van der Waals surface area contributed by atoms with Crippen molar-refractivity contribution in [3.05, 3.63) is 41.5 Å². The maximum atomic E-state index is 7.00. The van der Waals surface area contributed by atoms with Crippen LogP contribution >= 0.6 is 0 Å². The topological polar surface area (TPSA) is 20.2 Å². The molecule has 1 aliphatic rings. The molecular weight excluding hydrogens is 148 g/mol. The Morgan fingerprint density at radius 3 is 2.67 bits per heavy atom. The summed E-state index contributed by atoms with van der Waals surface area (Å²) in [7, 11) is 1.00. The molecule has 2 rings (SSSR count). The first-order valence-corrected chi connectivity index (χ1v) is 4.16. The Morgan fingerprint density at radius 1 is 1.17 bits per heavy atom. The molecule has 1 aliphatic carbocycles. The molecule has 64 valence electrons. The predicted molar refractivity (Wildman–Crippen MR) is 51.9 cm³/mol. The van der Waals surface area contributed by atoms with E-state index in [0.717, 1.165) is 7.11 Å². The number of benzene rings is 1. The van der Waals surface area contributed by atoms with E-state index in [2.05, 4.69) is 36.4 Å². The van der Waals surface area contributed by atoms with Crippen LogP contribution in [-0.2, 0) is 6.42 Å². The summed E-state index contributed by atoms with van der Waals surface area (Å²) in [6.07, 6.45) is 6.87. The fourth-order valence-electron chi connectivity index (χ4n) is 1.37. The van der Waals surface area contributed by atoms with Crippen molar-refractivity contribution in [3.8, 4) is 0 Å². The molecule has 0 unspecified atom stereocenters. The maximum Gasteiger partial charge on any atom is 0.0319 e. The first-order chi connectivity index (χ1) is 5.97. The molecule has 0 heterocycles.